The van der Waals surface area contributed by atoms with Crippen molar-refractivity contribution in [2.45, 2.75) is 19.8 Å². The Morgan fingerprint density at radius 1 is 1.29 bits per heavy atom. The molecule has 2 N–H and O–H groups in total. The van der Waals surface area contributed by atoms with Gasteiger partial charge in [0.15, 0.2) is 0 Å². The normalized spacial score (nSPS) is 16.6. The van der Waals surface area contributed by atoms with Gasteiger partial charge < -0.3 is 15.3 Å². The molecule has 5 heteroatoms. The van der Waals surface area contributed by atoms with E-state index < -0.39 is 5.97 Å². The van der Waals surface area contributed by atoms with Crippen LogP contribution in [0.3, 0.4) is 0 Å². The summed E-state index contributed by atoms with van der Waals surface area (Å²) in [5.74, 6) is -0.702. The third kappa shape index (κ3) is 4.29. The molecule has 1 aromatic rings. The van der Waals surface area contributed by atoms with Crippen molar-refractivity contribution in [3.8, 4) is 0 Å². The van der Waals surface area contributed by atoms with E-state index in [0.717, 1.165) is 32.5 Å². The summed E-state index contributed by atoms with van der Waals surface area (Å²) < 4.78 is 0. The fourth-order valence-corrected chi connectivity index (χ4v) is 2.64. The highest BCUT2D eigenvalue weighted by atomic mass is 16.4. The van der Waals surface area contributed by atoms with Gasteiger partial charge in [-0.15, -0.1) is 0 Å². The summed E-state index contributed by atoms with van der Waals surface area (Å²) in [6.45, 7) is 6.09. The van der Waals surface area contributed by atoms with Gasteiger partial charge in [-0.25, -0.2) is 4.79 Å². The lowest BCUT2D eigenvalue weighted by Gasteiger charge is -2.31. The number of nitrogens with zero attached hydrogens (tertiary/aromatic N) is 1. The van der Waals surface area contributed by atoms with Crippen molar-refractivity contribution in [1.82, 2.24) is 10.2 Å². The Morgan fingerprint density at radius 3 is 2.57 bits per heavy atom. The molecule has 1 heterocycles. The predicted molar refractivity (Wildman–Crippen MR) is 80.6 cm³/mol. The summed E-state index contributed by atoms with van der Waals surface area (Å²) in [5.41, 5.74) is 0.541. The van der Waals surface area contributed by atoms with Gasteiger partial charge in [0, 0.05) is 12.1 Å². The Morgan fingerprint density at radius 2 is 1.95 bits per heavy atom. The Hall–Kier alpha value is -1.88. The third-order valence-electron chi connectivity index (χ3n) is 4.08. The van der Waals surface area contributed by atoms with Crippen LogP contribution < -0.4 is 5.32 Å². The van der Waals surface area contributed by atoms with Crippen LogP contribution in [-0.2, 0) is 0 Å². The number of carboxylic acid groups (broad SMARTS) is 1. The molecule has 0 bridgehead atoms. The molecule has 0 radical (unpaired) electrons. The molecule has 1 aliphatic rings. The van der Waals surface area contributed by atoms with Crippen LogP contribution in [0.1, 0.15) is 40.5 Å². The number of likely N-dealkylation sites (tertiary alicyclic amines) is 1. The summed E-state index contributed by atoms with van der Waals surface area (Å²) in [7, 11) is 0. The van der Waals surface area contributed by atoms with E-state index in [4.69, 9.17) is 5.11 Å². The Bertz CT molecular complexity index is 508. The number of hydrogen-bond acceptors (Lipinski definition) is 3. The van der Waals surface area contributed by atoms with Crippen LogP contribution in [-0.4, -0.2) is 48.1 Å². The molecule has 0 unspecified atom stereocenters. The van der Waals surface area contributed by atoms with E-state index in [2.05, 4.69) is 17.1 Å². The average molecular weight is 290 g/mol. The smallest absolute Gasteiger partial charge is 0.335 e. The Balaban J connectivity index is 1.85. The molecule has 5 nitrogen and oxygen atoms in total. The maximum Gasteiger partial charge on any atom is 0.335 e. The zero-order valence-electron chi connectivity index (χ0n) is 12.3. The molecule has 21 heavy (non-hydrogen) atoms. The van der Waals surface area contributed by atoms with Crippen molar-refractivity contribution in [1.29, 1.82) is 0 Å². The van der Waals surface area contributed by atoms with Crippen LogP contribution in [0.15, 0.2) is 24.3 Å². The Labute approximate surface area is 125 Å². The standard InChI is InChI=1S/C16H22N2O3/c1-2-18-8-6-12(7-9-18)11-17-15(19)13-4-3-5-14(10-13)16(20)21/h3-5,10,12H,2,6-9,11H2,1H3,(H,17,19)(H,20,21). The molecule has 0 saturated carbocycles. The molecule has 114 valence electrons. The molecule has 0 aromatic heterocycles. The molecule has 1 aromatic carbocycles. The van der Waals surface area contributed by atoms with Gasteiger partial charge in [0.25, 0.3) is 5.91 Å². The molecule has 0 aliphatic carbocycles. The molecule has 1 aliphatic heterocycles. The van der Waals surface area contributed by atoms with Crippen molar-refractivity contribution in [2.24, 2.45) is 5.92 Å². The largest absolute Gasteiger partial charge is 0.478 e. The first-order chi connectivity index (χ1) is 10.1. The molecular formula is C16H22N2O3. The number of rotatable bonds is 5. The zero-order valence-corrected chi connectivity index (χ0v) is 12.3. The summed E-state index contributed by atoms with van der Waals surface area (Å²) >= 11 is 0. The van der Waals surface area contributed by atoms with E-state index in [1.54, 1.807) is 12.1 Å². The highest BCUT2D eigenvalue weighted by molar-refractivity contribution is 5.97. The molecule has 1 saturated heterocycles. The molecule has 0 spiro atoms. The second kappa shape index (κ2) is 7.22. The highest BCUT2D eigenvalue weighted by Crippen LogP contribution is 2.16. The minimum Gasteiger partial charge on any atom is -0.478 e. The van der Waals surface area contributed by atoms with E-state index in [-0.39, 0.29) is 11.5 Å². The zero-order chi connectivity index (χ0) is 15.2. The number of carbonyl (C=O) groups excluding carboxylic acids is 1. The number of piperidine rings is 1. The van der Waals surface area contributed by atoms with Gasteiger partial charge in [-0.2, -0.15) is 0 Å². The summed E-state index contributed by atoms with van der Waals surface area (Å²) in [5, 5.41) is 11.9. The van der Waals surface area contributed by atoms with Gasteiger partial charge in [0.1, 0.15) is 0 Å². The lowest BCUT2D eigenvalue weighted by Crippen LogP contribution is -2.38. The van der Waals surface area contributed by atoms with E-state index in [9.17, 15) is 9.59 Å². The first-order valence-electron chi connectivity index (χ1n) is 7.44. The average Bonchev–Trinajstić information content (AvgIpc) is 2.53. The first kappa shape index (κ1) is 15.5. The number of hydrogen-bond donors (Lipinski definition) is 2. The van der Waals surface area contributed by atoms with Gasteiger partial charge in [0.2, 0.25) is 0 Å². The Kier molecular flexibility index (Phi) is 5.33. The van der Waals surface area contributed by atoms with Crippen molar-refractivity contribution < 1.29 is 14.7 Å². The number of carbonyl (C=O) groups is 2. The van der Waals surface area contributed by atoms with Gasteiger partial charge in [-0.3, -0.25) is 4.79 Å². The van der Waals surface area contributed by atoms with Crippen LogP contribution in [0.4, 0.5) is 0 Å². The van der Waals surface area contributed by atoms with Gasteiger partial charge in [0.05, 0.1) is 5.56 Å². The molecular weight excluding hydrogens is 268 g/mol. The molecule has 1 amide bonds. The number of benzene rings is 1. The quantitative estimate of drug-likeness (QED) is 0.868. The fourth-order valence-electron chi connectivity index (χ4n) is 2.64. The number of amides is 1. The number of nitrogens with one attached hydrogen (secondary N) is 1. The summed E-state index contributed by atoms with van der Waals surface area (Å²) in [4.78, 5) is 25.4. The summed E-state index contributed by atoms with van der Waals surface area (Å²) in [6.07, 6.45) is 2.20. The minimum absolute atomic E-state index is 0.138. The van der Waals surface area contributed by atoms with E-state index >= 15 is 0 Å². The van der Waals surface area contributed by atoms with Gasteiger partial charge in [-0.05, 0) is 56.6 Å². The van der Waals surface area contributed by atoms with Crippen LogP contribution in [0.2, 0.25) is 0 Å². The molecule has 1 fully saturated rings. The van der Waals surface area contributed by atoms with Crippen molar-refractivity contribution in [3.05, 3.63) is 35.4 Å². The SMILES string of the molecule is CCN1CCC(CNC(=O)c2cccc(C(=O)O)c2)CC1. The van der Waals surface area contributed by atoms with E-state index in [0.29, 0.717) is 18.0 Å². The van der Waals surface area contributed by atoms with Crippen LogP contribution >= 0.6 is 0 Å². The van der Waals surface area contributed by atoms with Crippen LogP contribution in [0, 0.1) is 5.92 Å². The lowest BCUT2D eigenvalue weighted by atomic mass is 9.96. The first-order valence-corrected chi connectivity index (χ1v) is 7.44. The second-order valence-electron chi connectivity index (χ2n) is 5.47. The van der Waals surface area contributed by atoms with Gasteiger partial charge in [-0.1, -0.05) is 13.0 Å². The maximum atomic E-state index is 12.1. The van der Waals surface area contributed by atoms with Crippen LogP contribution in [0.25, 0.3) is 0 Å². The predicted octanol–water partition coefficient (Wildman–Crippen LogP) is 1.85. The number of carboxylic acids is 1. The fraction of sp³-hybridized carbons (Fsp3) is 0.500. The van der Waals surface area contributed by atoms with E-state index in [1.165, 1.54) is 12.1 Å². The van der Waals surface area contributed by atoms with E-state index in [1.807, 2.05) is 0 Å². The summed E-state index contributed by atoms with van der Waals surface area (Å²) in [6, 6.07) is 6.14. The highest BCUT2D eigenvalue weighted by Gasteiger charge is 2.19. The minimum atomic E-state index is -1.02. The van der Waals surface area contributed by atoms with Crippen LogP contribution in [0.5, 0.6) is 0 Å². The molecule has 2 rings (SSSR count). The van der Waals surface area contributed by atoms with Crippen molar-refractivity contribution >= 4 is 11.9 Å². The maximum absolute atomic E-state index is 12.1. The monoisotopic (exact) mass is 290 g/mol. The topological polar surface area (TPSA) is 69.6 Å². The number of aromatic carboxylic acids is 1. The third-order valence-corrected chi connectivity index (χ3v) is 4.08. The lowest BCUT2D eigenvalue weighted by molar-refractivity contribution is 0.0697. The second-order valence-corrected chi connectivity index (χ2v) is 5.47. The van der Waals surface area contributed by atoms with Crippen molar-refractivity contribution in [3.63, 3.8) is 0 Å². The van der Waals surface area contributed by atoms with Crippen molar-refractivity contribution in [2.75, 3.05) is 26.2 Å². The molecule has 0 atom stereocenters. The van der Waals surface area contributed by atoms with Gasteiger partial charge >= 0.3 is 5.97 Å².